The number of hydrogen-bond acceptors (Lipinski definition) is 4. The molecule has 4 nitrogen and oxygen atoms in total. The van der Waals surface area contributed by atoms with E-state index in [4.69, 9.17) is 4.74 Å². The molecular formula is C17H28N2O2. The summed E-state index contributed by atoms with van der Waals surface area (Å²) in [5.74, 6) is 0.772. The Morgan fingerprint density at radius 2 is 2.10 bits per heavy atom. The maximum Gasteiger partial charge on any atom is 0.126 e. The van der Waals surface area contributed by atoms with Crippen LogP contribution in [0.5, 0.6) is 5.75 Å². The monoisotopic (exact) mass is 292 g/mol. The normalized spacial score (nSPS) is 20.1. The van der Waals surface area contributed by atoms with Crippen LogP contribution in [-0.4, -0.2) is 49.3 Å². The second-order valence-corrected chi connectivity index (χ2v) is 5.68. The highest BCUT2D eigenvalue weighted by Crippen LogP contribution is 2.36. The maximum atomic E-state index is 10.1. The Hall–Kier alpha value is -1.26. The highest BCUT2D eigenvalue weighted by molar-refractivity contribution is 5.61. The molecule has 1 aromatic carbocycles. The summed E-state index contributed by atoms with van der Waals surface area (Å²) in [6.07, 6.45) is 0.654. The zero-order valence-corrected chi connectivity index (χ0v) is 13.7. The first kappa shape index (κ1) is 16.1. The fraction of sp³-hybridized carbons (Fsp3) is 0.647. The van der Waals surface area contributed by atoms with E-state index in [-0.39, 0.29) is 0 Å². The van der Waals surface area contributed by atoms with Gasteiger partial charge in [0.05, 0.1) is 13.2 Å². The van der Waals surface area contributed by atoms with Crippen molar-refractivity contribution < 1.29 is 9.84 Å². The van der Waals surface area contributed by atoms with Gasteiger partial charge in [0.1, 0.15) is 5.75 Å². The van der Waals surface area contributed by atoms with Crippen LogP contribution in [0, 0.1) is 0 Å². The van der Waals surface area contributed by atoms with Gasteiger partial charge in [-0.15, -0.1) is 0 Å². The molecule has 0 saturated carbocycles. The number of aliphatic hydroxyl groups excluding tert-OH is 1. The summed E-state index contributed by atoms with van der Waals surface area (Å²) < 4.78 is 5.43. The van der Waals surface area contributed by atoms with Crippen LogP contribution >= 0.6 is 0 Å². The first-order valence-electron chi connectivity index (χ1n) is 7.96. The van der Waals surface area contributed by atoms with Crippen molar-refractivity contribution in [2.24, 2.45) is 0 Å². The van der Waals surface area contributed by atoms with Crippen molar-refractivity contribution in [1.29, 1.82) is 0 Å². The number of hydrogen-bond donors (Lipinski definition) is 1. The molecule has 0 aliphatic carbocycles. The number of benzene rings is 1. The van der Waals surface area contributed by atoms with Gasteiger partial charge in [-0.05, 0) is 38.6 Å². The smallest absolute Gasteiger partial charge is 0.126 e. The number of nitrogens with zero attached hydrogens (tertiary/aromatic N) is 2. The first-order chi connectivity index (χ1) is 10.1. The fourth-order valence-corrected chi connectivity index (χ4v) is 3.40. The lowest BCUT2D eigenvalue weighted by Gasteiger charge is -2.28. The Bertz CT molecular complexity index is 458. The Morgan fingerprint density at radius 3 is 2.67 bits per heavy atom. The third-order valence-corrected chi connectivity index (χ3v) is 4.51. The zero-order valence-electron chi connectivity index (χ0n) is 13.7. The molecule has 4 heteroatoms. The third kappa shape index (κ3) is 3.33. The van der Waals surface area contributed by atoms with Crippen LogP contribution in [-0.2, 0) is 0 Å². The number of rotatable bonds is 6. The molecule has 0 bridgehead atoms. The van der Waals surface area contributed by atoms with E-state index in [0.717, 1.165) is 43.2 Å². The van der Waals surface area contributed by atoms with Crippen LogP contribution in [0.2, 0.25) is 0 Å². The van der Waals surface area contributed by atoms with Crippen molar-refractivity contribution in [1.82, 2.24) is 4.90 Å². The molecule has 1 aliphatic rings. The molecule has 2 atom stereocenters. The summed E-state index contributed by atoms with van der Waals surface area (Å²) in [4.78, 5) is 4.90. The average molecular weight is 292 g/mol. The number of ether oxygens (including phenoxy) is 1. The minimum Gasteiger partial charge on any atom is -0.496 e. The van der Waals surface area contributed by atoms with Gasteiger partial charge >= 0.3 is 0 Å². The second-order valence-electron chi connectivity index (χ2n) is 5.68. The van der Waals surface area contributed by atoms with Crippen LogP contribution in [0.1, 0.15) is 38.9 Å². The minimum atomic E-state index is -0.524. The van der Waals surface area contributed by atoms with Gasteiger partial charge in [-0.3, -0.25) is 4.90 Å². The van der Waals surface area contributed by atoms with E-state index in [0.29, 0.717) is 6.04 Å². The SMILES string of the molecule is CCN(CC)C1CCN(c2cccc(OC)c2C(C)O)C1. The highest BCUT2D eigenvalue weighted by atomic mass is 16.5. The van der Waals surface area contributed by atoms with Crippen molar-refractivity contribution in [3.8, 4) is 5.75 Å². The standard InChI is InChI=1S/C17H28N2O2/c1-5-18(6-2)14-10-11-19(12-14)15-8-7-9-16(21-4)17(15)13(3)20/h7-9,13-14,20H,5-6,10-12H2,1-4H3. The Balaban J connectivity index is 2.24. The van der Waals surface area contributed by atoms with Gasteiger partial charge in [0.2, 0.25) is 0 Å². The minimum absolute atomic E-state index is 0.524. The van der Waals surface area contributed by atoms with Gasteiger partial charge in [-0.1, -0.05) is 19.9 Å². The van der Waals surface area contributed by atoms with Gasteiger partial charge in [0.15, 0.2) is 0 Å². The summed E-state index contributed by atoms with van der Waals surface area (Å²) in [5, 5.41) is 10.1. The van der Waals surface area contributed by atoms with Gasteiger partial charge < -0.3 is 14.7 Å². The summed E-state index contributed by atoms with van der Waals surface area (Å²) in [7, 11) is 1.66. The first-order valence-corrected chi connectivity index (χ1v) is 7.96. The van der Waals surface area contributed by atoms with E-state index in [2.05, 4.69) is 29.7 Å². The molecule has 1 heterocycles. The molecule has 1 saturated heterocycles. The predicted molar refractivity (Wildman–Crippen MR) is 87.2 cm³/mol. The molecule has 2 unspecified atom stereocenters. The van der Waals surface area contributed by atoms with Crippen molar-refractivity contribution in [3.05, 3.63) is 23.8 Å². The molecule has 1 aromatic rings. The molecule has 0 radical (unpaired) electrons. The number of aliphatic hydroxyl groups is 1. The molecule has 0 amide bonds. The van der Waals surface area contributed by atoms with Gasteiger partial charge in [0.25, 0.3) is 0 Å². The maximum absolute atomic E-state index is 10.1. The third-order valence-electron chi connectivity index (χ3n) is 4.51. The highest BCUT2D eigenvalue weighted by Gasteiger charge is 2.28. The van der Waals surface area contributed by atoms with Crippen LogP contribution in [0.4, 0.5) is 5.69 Å². The number of likely N-dealkylation sites (N-methyl/N-ethyl adjacent to an activating group) is 1. The summed E-state index contributed by atoms with van der Waals surface area (Å²) in [5.41, 5.74) is 2.01. The Morgan fingerprint density at radius 1 is 1.38 bits per heavy atom. The van der Waals surface area contributed by atoms with Crippen molar-refractivity contribution in [2.75, 3.05) is 38.2 Å². The summed E-state index contributed by atoms with van der Waals surface area (Å²) in [6, 6.07) is 6.62. The lowest BCUT2D eigenvalue weighted by molar-refractivity contribution is 0.194. The lowest BCUT2D eigenvalue weighted by atomic mass is 10.1. The Labute approximate surface area is 128 Å². The largest absolute Gasteiger partial charge is 0.496 e. The second kappa shape index (κ2) is 7.14. The predicted octanol–water partition coefficient (Wildman–Crippen LogP) is 2.67. The van der Waals surface area contributed by atoms with E-state index in [9.17, 15) is 5.11 Å². The Kier molecular flexibility index (Phi) is 5.48. The summed E-state index contributed by atoms with van der Waals surface area (Å²) in [6.45, 7) is 10.5. The average Bonchev–Trinajstić information content (AvgIpc) is 2.97. The molecule has 1 fully saturated rings. The van der Waals surface area contributed by atoms with Crippen LogP contribution in [0.25, 0.3) is 0 Å². The quantitative estimate of drug-likeness (QED) is 0.874. The van der Waals surface area contributed by atoms with Gasteiger partial charge in [-0.25, -0.2) is 0 Å². The van der Waals surface area contributed by atoms with Crippen molar-refractivity contribution in [2.45, 2.75) is 39.3 Å². The molecule has 2 rings (SSSR count). The topological polar surface area (TPSA) is 35.9 Å². The number of methoxy groups -OCH3 is 1. The van der Waals surface area contributed by atoms with E-state index >= 15 is 0 Å². The van der Waals surface area contributed by atoms with E-state index < -0.39 is 6.10 Å². The molecule has 1 N–H and O–H groups in total. The van der Waals surface area contributed by atoms with Crippen LogP contribution < -0.4 is 9.64 Å². The molecular weight excluding hydrogens is 264 g/mol. The summed E-state index contributed by atoms with van der Waals surface area (Å²) >= 11 is 0. The molecule has 1 aliphatic heterocycles. The van der Waals surface area contributed by atoms with Crippen LogP contribution in [0.15, 0.2) is 18.2 Å². The molecule has 0 spiro atoms. The fourth-order valence-electron chi connectivity index (χ4n) is 3.40. The van der Waals surface area contributed by atoms with Crippen molar-refractivity contribution in [3.63, 3.8) is 0 Å². The number of anilines is 1. The molecule has 118 valence electrons. The van der Waals surface area contributed by atoms with E-state index in [1.165, 1.54) is 6.42 Å². The molecule has 0 aromatic heterocycles. The lowest BCUT2D eigenvalue weighted by Crippen LogP contribution is -2.37. The zero-order chi connectivity index (χ0) is 15.4. The van der Waals surface area contributed by atoms with E-state index in [1.54, 1.807) is 14.0 Å². The van der Waals surface area contributed by atoms with Crippen LogP contribution in [0.3, 0.4) is 0 Å². The van der Waals surface area contributed by atoms with Gasteiger partial charge in [-0.2, -0.15) is 0 Å². The van der Waals surface area contributed by atoms with Crippen molar-refractivity contribution >= 4 is 5.69 Å². The van der Waals surface area contributed by atoms with E-state index in [1.807, 2.05) is 12.1 Å². The molecule has 21 heavy (non-hydrogen) atoms. The van der Waals surface area contributed by atoms with Gasteiger partial charge in [0, 0.05) is 30.4 Å².